The topological polar surface area (TPSA) is 117 Å². The molecule has 34 heavy (non-hydrogen) atoms. The first-order valence-electron chi connectivity index (χ1n) is 11.6. The van der Waals surface area contributed by atoms with E-state index in [1.807, 2.05) is 0 Å². The highest BCUT2D eigenvalue weighted by Crippen LogP contribution is 2.45. The van der Waals surface area contributed by atoms with Gasteiger partial charge in [-0.05, 0) is 68.2 Å². The van der Waals surface area contributed by atoms with Gasteiger partial charge in [-0.1, -0.05) is 27.2 Å². The molecule has 0 radical (unpaired) electrons. The molecule has 1 heterocycles. The van der Waals surface area contributed by atoms with Gasteiger partial charge < -0.3 is 10.1 Å². The van der Waals surface area contributed by atoms with E-state index in [0.717, 1.165) is 24.2 Å². The van der Waals surface area contributed by atoms with Crippen LogP contribution in [-0.4, -0.2) is 46.8 Å². The van der Waals surface area contributed by atoms with E-state index in [-0.39, 0.29) is 11.2 Å². The van der Waals surface area contributed by atoms with E-state index in [1.54, 1.807) is 0 Å². The van der Waals surface area contributed by atoms with Crippen LogP contribution >= 0.6 is 0 Å². The van der Waals surface area contributed by atoms with Crippen molar-refractivity contribution in [3.63, 3.8) is 0 Å². The van der Waals surface area contributed by atoms with Crippen LogP contribution in [0.4, 0.5) is 9.18 Å². The van der Waals surface area contributed by atoms with Gasteiger partial charge >= 0.3 is 6.03 Å². The van der Waals surface area contributed by atoms with Crippen LogP contribution in [0, 0.1) is 17.2 Å². The van der Waals surface area contributed by atoms with Gasteiger partial charge in [0.1, 0.15) is 23.7 Å². The molecule has 0 bridgehead atoms. The van der Waals surface area contributed by atoms with Gasteiger partial charge in [0.15, 0.2) is 6.10 Å². The number of urea groups is 1. The molecule has 0 aromatic heterocycles. The van der Waals surface area contributed by atoms with E-state index in [4.69, 9.17) is 4.74 Å². The number of imide groups is 1. The van der Waals surface area contributed by atoms with Crippen molar-refractivity contribution in [1.82, 2.24) is 21.1 Å². The van der Waals surface area contributed by atoms with Gasteiger partial charge in [0, 0.05) is 0 Å². The van der Waals surface area contributed by atoms with Crippen molar-refractivity contribution >= 4 is 23.8 Å². The molecule has 1 unspecified atom stereocenters. The van der Waals surface area contributed by atoms with E-state index in [1.165, 1.54) is 31.2 Å². The standard InChI is InChI=1S/C24H33FN4O5/c1-5-23(3,4)16-10-12-24(13-11-16)21(32)29(22(33)26-24)14-19(30)27-28-20(31)15(2)34-18-8-6-17(25)7-9-18/h6-9,15-16H,5,10-14H2,1-4H3,(H,26,33)(H,27,30)(H,28,31). The highest BCUT2D eigenvalue weighted by molar-refractivity contribution is 6.09. The average Bonchev–Trinajstić information content (AvgIpc) is 3.03. The van der Waals surface area contributed by atoms with Crippen LogP contribution in [0.25, 0.3) is 0 Å². The van der Waals surface area contributed by atoms with Crippen molar-refractivity contribution in [2.45, 2.75) is 71.4 Å². The number of rotatable bonds is 7. The zero-order chi connectivity index (χ0) is 25.1. The lowest BCUT2D eigenvalue weighted by molar-refractivity contribution is -0.137. The van der Waals surface area contributed by atoms with Crippen molar-refractivity contribution in [3.05, 3.63) is 30.1 Å². The lowest BCUT2D eigenvalue weighted by atomic mass is 9.65. The molecule has 1 saturated heterocycles. The summed E-state index contributed by atoms with van der Waals surface area (Å²) in [7, 11) is 0. The van der Waals surface area contributed by atoms with E-state index in [0.29, 0.717) is 18.8 Å². The van der Waals surface area contributed by atoms with Gasteiger partial charge in [-0.3, -0.25) is 30.1 Å². The first kappa shape index (κ1) is 25.5. The first-order chi connectivity index (χ1) is 16.0. The molecule has 186 valence electrons. The van der Waals surface area contributed by atoms with E-state index >= 15 is 0 Å². The van der Waals surface area contributed by atoms with Crippen LogP contribution in [0.2, 0.25) is 0 Å². The van der Waals surface area contributed by atoms with Crippen molar-refractivity contribution < 1.29 is 28.3 Å². The van der Waals surface area contributed by atoms with Gasteiger partial charge in [-0.2, -0.15) is 0 Å². The summed E-state index contributed by atoms with van der Waals surface area (Å²) in [5.41, 5.74) is 3.62. The average molecular weight is 477 g/mol. The minimum atomic E-state index is -0.978. The molecule has 1 aromatic rings. The van der Waals surface area contributed by atoms with Crippen molar-refractivity contribution in [2.24, 2.45) is 11.3 Å². The number of amides is 5. The number of hydrogen-bond donors (Lipinski definition) is 3. The zero-order valence-corrected chi connectivity index (χ0v) is 20.1. The molecule has 10 heteroatoms. The third-order valence-electron chi connectivity index (χ3n) is 7.22. The molecule has 1 aliphatic carbocycles. The van der Waals surface area contributed by atoms with Crippen molar-refractivity contribution in [1.29, 1.82) is 0 Å². The van der Waals surface area contributed by atoms with Gasteiger partial charge in [0.2, 0.25) is 0 Å². The number of carbonyl (C=O) groups excluding carboxylic acids is 4. The van der Waals surface area contributed by atoms with Crippen LogP contribution in [0.1, 0.15) is 59.8 Å². The van der Waals surface area contributed by atoms with Crippen LogP contribution in [-0.2, 0) is 14.4 Å². The number of hydrazine groups is 1. The fourth-order valence-electron chi connectivity index (χ4n) is 4.53. The summed E-state index contributed by atoms with van der Waals surface area (Å²) in [5.74, 6) is -1.44. The second-order valence-corrected chi connectivity index (χ2v) is 9.77. The van der Waals surface area contributed by atoms with E-state index < -0.39 is 47.8 Å². The Labute approximate surface area is 198 Å². The van der Waals surface area contributed by atoms with Crippen LogP contribution in [0.5, 0.6) is 5.75 Å². The fraction of sp³-hybridized carbons (Fsp3) is 0.583. The van der Waals surface area contributed by atoms with Crippen molar-refractivity contribution in [2.75, 3.05) is 6.54 Å². The summed E-state index contributed by atoms with van der Waals surface area (Å²) in [6.45, 7) is 7.55. The second kappa shape index (κ2) is 9.99. The Hall–Kier alpha value is -3.17. The van der Waals surface area contributed by atoms with Crippen LogP contribution < -0.4 is 20.9 Å². The Morgan fingerprint density at radius 2 is 1.82 bits per heavy atom. The highest BCUT2D eigenvalue weighted by Gasteiger charge is 2.53. The molecule has 1 spiro atoms. The lowest BCUT2D eigenvalue weighted by Gasteiger charge is -2.42. The number of ether oxygens (including phenoxy) is 1. The summed E-state index contributed by atoms with van der Waals surface area (Å²) < 4.78 is 18.4. The van der Waals surface area contributed by atoms with Crippen molar-refractivity contribution in [3.8, 4) is 5.75 Å². The summed E-state index contributed by atoms with van der Waals surface area (Å²) in [6, 6.07) is 4.55. The van der Waals surface area contributed by atoms with Gasteiger partial charge in [-0.25, -0.2) is 9.18 Å². The highest BCUT2D eigenvalue weighted by atomic mass is 19.1. The van der Waals surface area contributed by atoms with E-state index in [2.05, 4.69) is 36.9 Å². The number of halogens is 1. The van der Waals surface area contributed by atoms with Gasteiger partial charge in [0.05, 0.1) is 0 Å². The molecule has 1 saturated carbocycles. The Bertz CT molecular complexity index is 941. The summed E-state index contributed by atoms with van der Waals surface area (Å²) in [6.07, 6.45) is 2.80. The number of nitrogens with one attached hydrogen (secondary N) is 3. The Morgan fingerprint density at radius 1 is 1.21 bits per heavy atom. The number of nitrogens with zero attached hydrogens (tertiary/aromatic N) is 1. The Morgan fingerprint density at radius 3 is 2.41 bits per heavy atom. The third kappa shape index (κ3) is 5.48. The Kier molecular flexibility index (Phi) is 7.48. The van der Waals surface area contributed by atoms with Gasteiger partial charge in [-0.15, -0.1) is 0 Å². The molecule has 2 fully saturated rings. The second-order valence-electron chi connectivity index (χ2n) is 9.77. The molecule has 3 rings (SSSR count). The maximum atomic E-state index is 13.1. The maximum absolute atomic E-state index is 13.1. The minimum absolute atomic E-state index is 0.169. The first-order valence-corrected chi connectivity index (χ1v) is 11.6. The van der Waals surface area contributed by atoms with E-state index in [9.17, 15) is 23.6 Å². The Balaban J connectivity index is 1.49. The molecule has 1 aliphatic heterocycles. The predicted molar refractivity (Wildman–Crippen MR) is 122 cm³/mol. The molecule has 5 amide bonds. The van der Waals surface area contributed by atoms with Crippen LogP contribution in [0.15, 0.2) is 24.3 Å². The smallest absolute Gasteiger partial charge is 0.325 e. The lowest BCUT2D eigenvalue weighted by Crippen LogP contribution is -2.52. The monoisotopic (exact) mass is 476 g/mol. The number of carbonyl (C=O) groups is 4. The number of benzene rings is 1. The molecule has 2 aliphatic rings. The van der Waals surface area contributed by atoms with Crippen LogP contribution in [0.3, 0.4) is 0 Å². The molecular formula is C24H33FN4O5. The quantitative estimate of drug-likeness (QED) is 0.413. The molecule has 1 atom stereocenters. The minimum Gasteiger partial charge on any atom is -0.481 e. The molecule has 3 N–H and O–H groups in total. The molecule has 1 aromatic carbocycles. The third-order valence-corrected chi connectivity index (χ3v) is 7.22. The normalized spacial score (nSPS) is 23.4. The summed E-state index contributed by atoms with van der Waals surface area (Å²) in [4.78, 5) is 50.9. The molecular weight excluding hydrogens is 443 g/mol. The fourth-order valence-corrected chi connectivity index (χ4v) is 4.53. The SMILES string of the molecule is CCC(C)(C)C1CCC2(CC1)NC(=O)N(CC(=O)NNC(=O)C(C)Oc1ccc(F)cc1)C2=O. The largest absolute Gasteiger partial charge is 0.481 e. The maximum Gasteiger partial charge on any atom is 0.325 e. The van der Waals surface area contributed by atoms with Gasteiger partial charge in [0.25, 0.3) is 17.7 Å². The summed E-state index contributed by atoms with van der Waals surface area (Å²) >= 11 is 0. The summed E-state index contributed by atoms with van der Waals surface area (Å²) in [5, 5.41) is 2.80. The zero-order valence-electron chi connectivity index (χ0n) is 20.1. The number of hydrogen-bond acceptors (Lipinski definition) is 5. The molecule has 9 nitrogen and oxygen atoms in total. The predicted octanol–water partition coefficient (Wildman–Crippen LogP) is 2.66.